The van der Waals surface area contributed by atoms with Crippen molar-refractivity contribution in [2.75, 3.05) is 0 Å². The van der Waals surface area contributed by atoms with E-state index in [0.717, 1.165) is 19.3 Å². The van der Waals surface area contributed by atoms with E-state index in [1.807, 2.05) is 0 Å². The molecule has 0 bridgehead atoms. The largest absolute Gasteiger partial charge is 0.481 e. The van der Waals surface area contributed by atoms with Gasteiger partial charge < -0.3 is 5.11 Å². The maximum absolute atomic E-state index is 10.3. The first-order chi connectivity index (χ1) is 12.3. The van der Waals surface area contributed by atoms with E-state index in [4.69, 9.17) is 5.11 Å². The van der Waals surface area contributed by atoms with Crippen LogP contribution in [0.3, 0.4) is 0 Å². The molecule has 0 aromatic rings. The van der Waals surface area contributed by atoms with Crippen LogP contribution >= 0.6 is 0 Å². The second kappa shape index (κ2) is 20.6. The maximum Gasteiger partial charge on any atom is 0.303 e. The van der Waals surface area contributed by atoms with Gasteiger partial charge >= 0.3 is 5.97 Å². The molecule has 2 nitrogen and oxygen atoms in total. The van der Waals surface area contributed by atoms with Crippen molar-refractivity contribution in [1.29, 1.82) is 0 Å². The number of unbranched alkanes of at least 4 members (excludes halogenated alkanes) is 10. The van der Waals surface area contributed by atoms with Gasteiger partial charge in [0.05, 0.1) is 0 Å². The molecule has 25 heavy (non-hydrogen) atoms. The van der Waals surface area contributed by atoms with Crippen molar-refractivity contribution in [2.24, 2.45) is 0 Å². The molecular formula is C23H38O2. The molecule has 0 aliphatic carbocycles. The first kappa shape index (κ1) is 23.5. The number of aliphatic carboxylic acids is 1. The quantitative estimate of drug-likeness (QED) is 0.184. The van der Waals surface area contributed by atoms with Gasteiger partial charge in [0.1, 0.15) is 0 Å². The predicted octanol–water partition coefficient (Wildman–Crippen LogP) is 7.06. The van der Waals surface area contributed by atoms with Gasteiger partial charge in [-0.2, -0.15) is 0 Å². The lowest BCUT2D eigenvalue weighted by atomic mass is 10.1. The number of hydrogen-bond donors (Lipinski definition) is 1. The van der Waals surface area contributed by atoms with Crippen molar-refractivity contribution >= 4 is 5.97 Å². The zero-order valence-corrected chi connectivity index (χ0v) is 16.3. The minimum Gasteiger partial charge on any atom is -0.481 e. The molecule has 0 atom stereocenters. The summed E-state index contributed by atoms with van der Waals surface area (Å²) < 4.78 is 0. The summed E-state index contributed by atoms with van der Waals surface area (Å²) in [6, 6.07) is 0. The third kappa shape index (κ3) is 22.5. The SMILES string of the molecule is CCCCC/C=C\CCCC/C=C\CCCCC#CCCCC(=O)O. The van der Waals surface area contributed by atoms with Crippen LogP contribution in [0.25, 0.3) is 0 Å². The monoisotopic (exact) mass is 346 g/mol. The summed E-state index contributed by atoms with van der Waals surface area (Å²) in [4.78, 5) is 10.3. The van der Waals surface area contributed by atoms with Crippen LogP contribution in [-0.2, 0) is 4.79 Å². The van der Waals surface area contributed by atoms with Crippen LogP contribution in [0.5, 0.6) is 0 Å². The van der Waals surface area contributed by atoms with Crippen LogP contribution in [0.1, 0.15) is 103 Å². The minimum absolute atomic E-state index is 0.231. The fourth-order valence-electron chi connectivity index (χ4n) is 2.49. The van der Waals surface area contributed by atoms with Crippen molar-refractivity contribution in [2.45, 2.75) is 103 Å². The third-order valence-electron chi connectivity index (χ3n) is 4.04. The van der Waals surface area contributed by atoms with E-state index in [0.29, 0.717) is 12.8 Å². The molecule has 0 unspecified atom stereocenters. The Morgan fingerprint density at radius 2 is 1.16 bits per heavy atom. The molecule has 0 spiro atoms. The summed E-state index contributed by atoms with van der Waals surface area (Å²) >= 11 is 0. The Balaban J connectivity index is 3.25. The van der Waals surface area contributed by atoms with Gasteiger partial charge in [0.25, 0.3) is 0 Å². The summed E-state index contributed by atoms with van der Waals surface area (Å²) in [7, 11) is 0. The smallest absolute Gasteiger partial charge is 0.303 e. The van der Waals surface area contributed by atoms with Crippen LogP contribution in [0.15, 0.2) is 24.3 Å². The van der Waals surface area contributed by atoms with Gasteiger partial charge in [-0.25, -0.2) is 0 Å². The molecule has 0 aromatic heterocycles. The summed E-state index contributed by atoms with van der Waals surface area (Å²) in [5.41, 5.74) is 0. The van der Waals surface area contributed by atoms with Gasteiger partial charge in [0.2, 0.25) is 0 Å². The lowest BCUT2D eigenvalue weighted by Crippen LogP contribution is -1.92. The first-order valence-electron chi connectivity index (χ1n) is 10.2. The summed E-state index contributed by atoms with van der Waals surface area (Å²) in [6.45, 7) is 2.25. The Bertz CT molecular complexity index is 410. The van der Waals surface area contributed by atoms with Crippen molar-refractivity contribution in [3.05, 3.63) is 24.3 Å². The molecule has 142 valence electrons. The summed E-state index contributed by atoms with van der Waals surface area (Å²) in [5.74, 6) is 5.46. The van der Waals surface area contributed by atoms with Gasteiger partial charge in [0, 0.05) is 19.3 Å². The first-order valence-corrected chi connectivity index (χ1v) is 10.2. The summed E-state index contributed by atoms with van der Waals surface area (Å²) in [6.07, 6.45) is 25.6. The molecule has 0 radical (unpaired) electrons. The zero-order valence-electron chi connectivity index (χ0n) is 16.3. The molecule has 0 fully saturated rings. The van der Waals surface area contributed by atoms with E-state index in [9.17, 15) is 4.79 Å². The molecule has 0 rings (SSSR count). The van der Waals surface area contributed by atoms with Gasteiger partial charge in [-0.3, -0.25) is 4.79 Å². The third-order valence-corrected chi connectivity index (χ3v) is 4.04. The average Bonchev–Trinajstić information content (AvgIpc) is 2.60. The molecule has 0 saturated carbocycles. The normalized spacial score (nSPS) is 11.1. The number of allylic oxidation sites excluding steroid dienone is 4. The average molecular weight is 347 g/mol. The van der Waals surface area contributed by atoms with Crippen LogP contribution in [0, 0.1) is 11.8 Å². The predicted molar refractivity (Wildman–Crippen MR) is 109 cm³/mol. The van der Waals surface area contributed by atoms with Gasteiger partial charge in [-0.15, -0.1) is 11.8 Å². The molecule has 2 heteroatoms. The Morgan fingerprint density at radius 1 is 0.720 bits per heavy atom. The Morgan fingerprint density at radius 3 is 1.64 bits per heavy atom. The number of hydrogen-bond acceptors (Lipinski definition) is 1. The highest BCUT2D eigenvalue weighted by Gasteiger charge is 1.93. The Labute approximate surface area is 155 Å². The maximum atomic E-state index is 10.3. The molecule has 0 aromatic carbocycles. The highest BCUT2D eigenvalue weighted by Crippen LogP contribution is 2.06. The van der Waals surface area contributed by atoms with E-state index in [1.54, 1.807) is 0 Å². The van der Waals surface area contributed by atoms with E-state index < -0.39 is 5.97 Å². The van der Waals surface area contributed by atoms with Crippen molar-refractivity contribution in [3.63, 3.8) is 0 Å². The number of carboxylic acid groups (broad SMARTS) is 1. The zero-order chi connectivity index (χ0) is 18.4. The Hall–Kier alpha value is -1.49. The highest BCUT2D eigenvalue weighted by molar-refractivity contribution is 5.66. The van der Waals surface area contributed by atoms with Crippen LogP contribution in [-0.4, -0.2) is 11.1 Å². The van der Waals surface area contributed by atoms with Crippen LogP contribution < -0.4 is 0 Å². The summed E-state index contributed by atoms with van der Waals surface area (Å²) in [5, 5.41) is 8.51. The molecule has 0 aliphatic rings. The minimum atomic E-state index is -0.729. The van der Waals surface area contributed by atoms with Crippen molar-refractivity contribution < 1.29 is 9.90 Å². The topological polar surface area (TPSA) is 37.3 Å². The van der Waals surface area contributed by atoms with E-state index in [2.05, 4.69) is 43.1 Å². The second-order valence-corrected chi connectivity index (χ2v) is 6.57. The highest BCUT2D eigenvalue weighted by atomic mass is 16.4. The van der Waals surface area contributed by atoms with Crippen LogP contribution in [0.4, 0.5) is 0 Å². The molecular weight excluding hydrogens is 308 g/mol. The van der Waals surface area contributed by atoms with Gasteiger partial charge in [-0.1, -0.05) is 44.1 Å². The fourth-order valence-corrected chi connectivity index (χ4v) is 2.49. The lowest BCUT2D eigenvalue weighted by molar-refractivity contribution is -0.137. The van der Waals surface area contributed by atoms with E-state index >= 15 is 0 Å². The van der Waals surface area contributed by atoms with Gasteiger partial charge in [-0.05, 0) is 64.2 Å². The van der Waals surface area contributed by atoms with Crippen molar-refractivity contribution in [1.82, 2.24) is 0 Å². The number of carbonyl (C=O) groups is 1. The number of carboxylic acids is 1. The van der Waals surface area contributed by atoms with Crippen molar-refractivity contribution in [3.8, 4) is 11.8 Å². The van der Waals surface area contributed by atoms with Crippen LogP contribution in [0.2, 0.25) is 0 Å². The standard InChI is InChI=1S/C23H38O2/c1-2-3-4-5-6-7-8-9-10-11-12-13-14-15-16-17-18-19-20-21-22-23(24)25/h6-7,12-13H,2-5,8-11,14-17,20-22H2,1H3,(H,24,25)/b7-6-,13-12-. The molecule has 0 amide bonds. The molecule has 1 N–H and O–H groups in total. The second-order valence-electron chi connectivity index (χ2n) is 6.57. The fraction of sp³-hybridized carbons (Fsp3) is 0.696. The molecule has 0 saturated heterocycles. The molecule has 0 heterocycles. The van der Waals surface area contributed by atoms with E-state index in [-0.39, 0.29) is 6.42 Å². The lowest BCUT2D eigenvalue weighted by Gasteiger charge is -1.95. The van der Waals surface area contributed by atoms with Gasteiger partial charge in [0.15, 0.2) is 0 Å². The Kier molecular flexibility index (Phi) is 19.3. The number of rotatable bonds is 16. The molecule has 0 aliphatic heterocycles. The van der Waals surface area contributed by atoms with E-state index in [1.165, 1.54) is 57.8 Å².